The van der Waals surface area contributed by atoms with Crippen LogP contribution < -0.4 is 10.2 Å². The maximum Gasteiger partial charge on any atom is 0.427 e. The zero-order valence-electron chi connectivity index (χ0n) is 9.60. The molecule has 1 N–H and O–H groups in total. The van der Waals surface area contributed by atoms with Crippen molar-refractivity contribution in [3.8, 4) is 5.75 Å². The van der Waals surface area contributed by atoms with Crippen LogP contribution in [0, 0.1) is 0 Å². The van der Waals surface area contributed by atoms with Crippen molar-refractivity contribution in [2.24, 2.45) is 5.10 Å². The topological polar surface area (TPSA) is 59.9 Å². The summed E-state index contributed by atoms with van der Waals surface area (Å²) in [6.07, 6.45) is 0.690. The minimum Gasteiger partial charge on any atom is -0.449 e. The summed E-state index contributed by atoms with van der Waals surface area (Å²) in [5.41, 5.74) is 2.75. The van der Waals surface area contributed by atoms with Gasteiger partial charge in [0.15, 0.2) is 0 Å². The van der Waals surface area contributed by atoms with E-state index in [4.69, 9.17) is 0 Å². The van der Waals surface area contributed by atoms with Crippen molar-refractivity contribution in [3.05, 3.63) is 29.8 Å². The normalized spacial score (nSPS) is 10.7. The Labute approximate surface area is 102 Å². The number of nitrogens with zero attached hydrogens (tertiary/aromatic N) is 1. The molecule has 7 heteroatoms. The first kappa shape index (κ1) is 13.9. The molecule has 1 amide bonds. The number of carbonyl (C=O) groups excluding carboxylic acids is 1. The van der Waals surface area contributed by atoms with Crippen molar-refractivity contribution in [2.45, 2.75) is 13.5 Å². The Kier molecular flexibility index (Phi) is 5.56. The van der Waals surface area contributed by atoms with Crippen LogP contribution in [-0.2, 0) is 4.74 Å². The molecule has 0 aliphatic carbocycles. The van der Waals surface area contributed by atoms with E-state index in [9.17, 15) is 13.6 Å². The Bertz CT molecular complexity index is 407. The van der Waals surface area contributed by atoms with Gasteiger partial charge in [0.2, 0.25) is 0 Å². The van der Waals surface area contributed by atoms with Gasteiger partial charge in [-0.3, -0.25) is 0 Å². The van der Waals surface area contributed by atoms with Crippen molar-refractivity contribution in [1.29, 1.82) is 0 Å². The first-order chi connectivity index (χ1) is 8.61. The second-order valence-corrected chi connectivity index (χ2v) is 3.04. The number of benzene rings is 1. The van der Waals surface area contributed by atoms with Gasteiger partial charge in [-0.05, 0) is 36.8 Å². The molecule has 0 spiro atoms. The summed E-state index contributed by atoms with van der Waals surface area (Å²) in [5, 5.41) is 3.61. The van der Waals surface area contributed by atoms with Gasteiger partial charge in [0.1, 0.15) is 5.75 Å². The van der Waals surface area contributed by atoms with E-state index in [-0.39, 0.29) is 12.4 Å². The van der Waals surface area contributed by atoms with Crippen LogP contribution >= 0.6 is 0 Å². The summed E-state index contributed by atoms with van der Waals surface area (Å²) in [5.74, 6) is 0.0560. The molecule has 98 valence electrons. The predicted molar refractivity (Wildman–Crippen MR) is 60.8 cm³/mol. The van der Waals surface area contributed by atoms with Gasteiger partial charge in [-0.25, -0.2) is 10.2 Å². The Morgan fingerprint density at radius 2 is 2.11 bits per heavy atom. The average Bonchev–Trinajstić information content (AvgIpc) is 2.31. The molecule has 1 aromatic rings. The molecular formula is C11H12F2N2O3. The summed E-state index contributed by atoms with van der Waals surface area (Å²) in [7, 11) is 0. The van der Waals surface area contributed by atoms with Gasteiger partial charge in [0.05, 0.1) is 12.8 Å². The van der Waals surface area contributed by atoms with Crippen LogP contribution in [0.3, 0.4) is 0 Å². The Balaban J connectivity index is 2.48. The van der Waals surface area contributed by atoms with E-state index in [1.807, 2.05) is 0 Å². The summed E-state index contributed by atoms with van der Waals surface area (Å²) >= 11 is 0. The third kappa shape index (κ3) is 5.24. The first-order valence-electron chi connectivity index (χ1n) is 5.12. The summed E-state index contributed by atoms with van der Waals surface area (Å²) in [6.45, 7) is -0.929. The third-order valence-corrected chi connectivity index (χ3v) is 1.75. The minimum atomic E-state index is -2.85. The average molecular weight is 258 g/mol. The maximum absolute atomic E-state index is 11.9. The van der Waals surface area contributed by atoms with E-state index < -0.39 is 12.7 Å². The first-order valence-corrected chi connectivity index (χ1v) is 5.12. The molecule has 0 fully saturated rings. The number of amides is 1. The Hall–Kier alpha value is -2.18. The van der Waals surface area contributed by atoms with Crippen LogP contribution in [0.1, 0.15) is 12.5 Å². The molecule has 0 radical (unpaired) electrons. The molecule has 1 aromatic carbocycles. The van der Waals surface area contributed by atoms with Crippen LogP contribution in [0.2, 0.25) is 0 Å². The molecule has 0 saturated heterocycles. The molecule has 18 heavy (non-hydrogen) atoms. The molecule has 0 aliphatic heterocycles. The molecule has 0 atom stereocenters. The second-order valence-electron chi connectivity index (χ2n) is 3.04. The molecule has 0 heterocycles. The molecule has 0 saturated carbocycles. The number of nitrogens with one attached hydrogen (secondary N) is 1. The largest absolute Gasteiger partial charge is 0.449 e. The molecular weight excluding hydrogens is 246 g/mol. The fraction of sp³-hybridized carbons (Fsp3) is 0.273. The summed E-state index contributed by atoms with van der Waals surface area (Å²) in [6, 6.07) is 5.79. The number of alkyl halides is 2. The quantitative estimate of drug-likeness (QED) is 0.651. The van der Waals surface area contributed by atoms with Gasteiger partial charge >= 0.3 is 12.7 Å². The van der Waals surface area contributed by atoms with Crippen molar-refractivity contribution >= 4 is 12.3 Å². The monoisotopic (exact) mass is 258 g/mol. The van der Waals surface area contributed by atoms with Crippen LogP contribution in [0.25, 0.3) is 0 Å². The van der Waals surface area contributed by atoms with E-state index in [2.05, 4.69) is 20.0 Å². The summed E-state index contributed by atoms with van der Waals surface area (Å²) in [4.78, 5) is 10.9. The zero-order valence-corrected chi connectivity index (χ0v) is 9.60. The molecule has 0 aromatic heterocycles. The van der Waals surface area contributed by atoms with E-state index in [0.717, 1.165) is 0 Å². The standard InChI is InChI=1S/C11H12F2N2O3/c1-2-17-11(16)15-14-7-8-3-5-9(6-4-8)18-10(12)13/h3-7,10H,2H2,1H3,(H,15,16)/b14-7-. The number of hydrazone groups is 1. The highest BCUT2D eigenvalue weighted by atomic mass is 19.3. The van der Waals surface area contributed by atoms with Crippen molar-refractivity contribution in [3.63, 3.8) is 0 Å². The number of carbonyl (C=O) groups is 1. The highest BCUT2D eigenvalue weighted by Gasteiger charge is 2.03. The van der Waals surface area contributed by atoms with Crippen LogP contribution in [-0.4, -0.2) is 25.5 Å². The van der Waals surface area contributed by atoms with Gasteiger partial charge in [0, 0.05) is 0 Å². The molecule has 0 bridgehead atoms. The summed E-state index contributed by atoms with van der Waals surface area (Å²) < 4.78 is 32.5. The van der Waals surface area contributed by atoms with Gasteiger partial charge in [-0.15, -0.1) is 0 Å². The van der Waals surface area contributed by atoms with Crippen molar-refractivity contribution < 1.29 is 23.0 Å². The van der Waals surface area contributed by atoms with E-state index in [1.165, 1.54) is 30.5 Å². The molecule has 0 unspecified atom stereocenters. The third-order valence-electron chi connectivity index (χ3n) is 1.75. The van der Waals surface area contributed by atoms with E-state index in [0.29, 0.717) is 5.56 Å². The van der Waals surface area contributed by atoms with Crippen molar-refractivity contribution in [1.82, 2.24) is 5.43 Å². The molecule has 5 nitrogen and oxygen atoms in total. The number of rotatable bonds is 5. The lowest BCUT2D eigenvalue weighted by Crippen LogP contribution is -2.18. The van der Waals surface area contributed by atoms with Gasteiger partial charge in [-0.1, -0.05) is 0 Å². The number of hydrogen-bond donors (Lipinski definition) is 1. The molecule has 1 rings (SSSR count). The fourth-order valence-electron chi connectivity index (χ4n) is 1.06. The number of ether oxygens (including phenoxy) is 2. The SMILES string of the molecule is CCOC(=O)N/N=C\c1ccc(OC(F)F)cc1. The van der Waals surface area contributed by atoms with Crippen LogP contribution in [0.4, 0.5) is 13.6 Å². The smallest absolute Gasteiger partial charge is 0.427 e. The van der Waals surface area contributed by atoms with Gasteiger partial charge in [0.25, 0.3) is 0 Å². The van der Waals surface area contributed by atoms with E-state index >= 15 is 0 Å². The molecule has 0 aliphatic rings. The number of hydrogen-bond acceptors (Lipinski definition) is 4. The van der Waals surface area contributed by atoms with Crippen molar-refractivity contribution in [2.75, 3.05) is 6.61 Å². The highest BCUT2D eigenvalue weighted by molar-refractivity contribution is 5.80. The Morgan fingerprint density at radius 1 is 1.44 bits per heavy atom. The van der Waals surface area contributed by atoms with Crippen LogP contribution in [0.15, 0.2) is 29.4 Å². The maximum atomic E-state index is 11.9. The number of halogens is 2. The zero-order chi connectivity index (χ0) is 13.4. The lowest BCUT2D eigenvalue weighted by atomic mass is 10.2. The second kappa shape index (κ2) is 7.21. The lowest BCUT2D eigenvalue weighted by Gasteiger charge is -2.03. The van der Waals surface area contributed by atoms with Crippen LogP contribution in [0.5, 0.6) is 5.75 Å². The van der Waals surface area contributed by atoms with Gasteiger partial charge in [-0.2, -0.15) is 13.9 Å². The van der Waals surface area contributed by atoms with Gasteiger partial charge < -0.3 is 9.47 Å². The predicted octanol–water partition coefficient (Wildman–Crippen LogP) is 2.37. The fourth-order valence-corrected chi connectivity index (χ4v) is 1.06. The van der Waals surface area contributed by atoms with E-state index in [1.54, 1.807) is 6.92 Å². The lowest BCUT2D eigenvalue weighted by molar-refractivity contribution is -0.0498. The minimum absolute atomic E-state index is 0.0560. The highest BCUT2D eigenvalue weighted by Crippen LogP contribution is 2.13. The Morgan fingerprint density at radius 3 is 2.67 bits per heavy atom.